The molecule has 178 valence electrons. The first-order valence-corrected chi connectivity index (χ1v) is 12.6. The monoisotopic (exact) mass is 428 g/mol. The first kappa shape index (κ1) is 27.6. The zero-order chi connectivity index (χ0) is 21.9. The number of unbranched alkanes of at least 4 members (excludes halogenated alkanes) is 13. The largest absolute Gasteiger partial charge is 0.394 e. The summed E-state index contributed by atoms with van der Waals surface area (Å²) in [5.74, 6) is 0. The molecule has 1 heterocycles. The molecule has 0 saturated carbocycles. The summed E-state index contributed by atoms with van der Waals surface area (Å²) in [6.07, 6.45) is 21.2. The van der Waals surface area contributed by atoms with Crippen molar-refractivity contribution in [1.82, 2.24) is 0 Å². The van der Waals surface area contributed by atoms with Gasteiger partial charge in [-0.05, 0) is 19.3 Å². The Morgan fingerprint density at radius 1 is 0.867 bits per heavy atom. The van der Waals surface area contributed by atoms with E-state index in [2.05, 4.69) is 19.1 Å². The summed E-state index contributed by atoms with van der Waals surface area (Å²) in [4.78, 5) is 0. The van der Waals surface area contributed by atoms with Gasteiger partial charge in [-0.15, -0.1) is 0 Å². The second kappa shape index (κ2) is 19.2. The molecule has 1 fully saturated rings. The average molecular weight is 429 g/mol. The van der Waals surface area contributed by atoms with Crippen LogP contribution in [-0.4, -0.2) is 59.6 Å². The lowest BCUT2D eigenvalue weighted by molar-refractivity contribution is -0.0726. The molecule has 0 aliphatic carbocycles. The van der Waals surface area contributed by atoms with Gasteiger partial charge in [-0.3, -0.25) is 0 Å². The molecule has 0 radical (unpaired) electrons. The van der Waals surface area contributed by atoms with E-state index in [0.29, 0.717) is 6.61 Å². The average Bonchev–Trinajstić information content (AvgIpc) is 3.12. The van der Waals surface area contributed by atoms with E-state index < -0.39 is 31.0 Å². The number of aliphatic hydroxyl groups excluding tert-OH is 3. The van der Waals surface area contributed by atoms with Gasteiger partial charge in [-0.25, -0.2) is 0 Å². The minimum absolute atomic E-state index is 0.256. The molecule has 0 aromatic heterocycles. The number of ether oxygens (including phenoxy) is 2. The summed E-state index contributed by atoms with van der Waals surface area (Å²) < 4.78 is 11.0. The fourth-order valence-electron chi connectivity index (χ4n) is 4.01. The van der Waals surface area contributed by atoms with Gasteiger partial charge < -0.3 is 24.8 Å². The fourth-order valence-corrected chi connectivity index (χ4v) is 4.01. The SMILES string of the molecule is CCCCCCCCCCCCCCC/C=C/CCO[C@@H]1CO[C@@H]([C@@H](O)CO)[C@H]1O. The van der Waals surface area contributed by atoms with Crippen LogP contribution in [0.4, 0.5) is 0 Å². The molecule has 0 aromatic rings. The van der Waals surface area contributed by atoms with Crippen molar-refractivity contribution in [3.63, 3.8) is 0 Å². The molecule has 30 heavy (non-hydrogen) atoms. The van der Waals surface area contributed by atoms with Crippen molar-refractivity contribution in [2.45, 2.75) is 128 Å². The van der Waals surface area contributed by atoms with Crippen molar-refractivity contribution in [3.05, 3.63) is 12.2 Å². The van der Waals surface area contributed by atoms with Gasteiger partial charge in [-0.1, -0.05) is 96.1 Å². The predicted octanol–water partition coefficient (Wildman–Crippen LogP) is 4.91. The van der Waals surface area contributed by atoms with Crippen LogP contribution in [0.3, 0.4) is 0 Å². The fraction of sp³-hybridized carbons (Fsp3) is 0.920. The molecule has 0 aromatic carbocycles. The van der Waals surface area contributed by atoms with Crippen molar-refractivity contribution < 1.29 is 24.8 Å². The third kappa shape index (κ3) is 13.1. The first-order chi connectivity index (χ1) is 14.7. The summed E-state index contributed by atoms with van der Waals surface area (Å²) in [6, 6.07) is 0. The third-order valence-electron chi connectivity index (χ3n) is 5.99. The number of hydrogen-bond acceptors (Lipinski definition) is 5. The van der Waals surface area contributed by atoms with E-state index in [9.17, 15) is 10.2 Å². The second-order valence-corrected chi connectivity index (χ2v) is 8.74. The smallest absolute Gasteiger partial charge is 0.114 e. The molecule has 0 bridgehead atoms. The van der Waals surface area contributed by atoms with Crippen molar-refractivity contribution in [1.29, 1.82) is 0 Å². The molecule has 0 unspecified atom stereocenters. The Morgan fingerprint density at radius 2 is 1.40 bits per heavy atom. The summed E-state index contributed by atoms with van der Waals surface area (Å²) >= 11 is 0. The third-order valence-corrected chi connectivity index (χ3v) is 5.99. The zero-order valence-corrected chi connectivity index (χ0v) is 19.4. The van der Waals surface area contributed by atoms with Gasteiger partial charge in [0.2, 0.25) is 0 Å². The van der Waals surface area contributed by atoms with Gasteiger partial charge in [0.25, 0.3) is 0 Å². The van der Waals surface area contributed by atoms with Crippen molar-refractivity contribution in [3.8, 4) is 0 Å². The molecular formula is C25H48O5. The molecule has 5 heteroatoms. The molecule has 1 aliphatic heterocycles. The van der Waals surface area contributed by atoms with Gasteiger partial charge >= 0.3 is 0 Å². The topological polar surface area (TPSA) is 79.2 Å². The van der Waals surface area contributed by atoms with Gasteiger partial charge in [0.05, 0.1) is 19.8 Å². The lowest BCUT2D eigenvalue weighted by Crippen LogP contribution is -2.41. The molecule has 0 spiro atoms. The van der Waals surface area contributed by atoms with E-state index in [1.54, 1.807) is 0 Å². The summed E-state index contributed by atoms with van der Waals surface area (Å²) in [6.45, 7) is 2.64. The maximum absolute atomic E-state index is 10.1. The maximum atomic E-state index is 10.1. The molecule has 1 rings (SSSR count). The van der Waals surface area contributed by atoms with Crippen LogP contribution in [0, 0.1) is 0 Å². The van der Waals surface area contributed by atoms with Crippen LogP contribution >= 0.6 is 0 Å². The Hall–Kier alpha value is -0.460. The summed E-state index contributed by atoms with van der Waals surface area (Å²) in [5.41, 5.74) is 0. The first-order valence-electron chi connectivity index (χ1n) is 12.6. The van der Waals surface area contributed by atoms with Crippen molar-refractivity contribution in [2.24, 2.45) is 0 Å². The number of rotatable bonds is 20. The van der Waals surface area contributed by atoms with Crippen LogP contribution in [0.5, 0.6) is 0 Å². The normalized spacial score (nSPS) is 22.9. The van der Waals surface area contributed by atoms with Crippen LogP contribution in [0.1, 0.15) is 103 Å². The van der Waals surface area contributed by atoms with Crippen LogP contribution in [0.15, 0.2) is 12.2 Å². The van der Waals surface area contributed by atoms with E-state index in [1.165, 1.54) is 83.5 Å². The Labute approximate surface area is 184 Å². The van der Waals surface area contributed by atoms with Crippen molar-refractivity contribution in [2.75, 3.05) is 19.8 Å². The standard InChI is InChI=1S/C25H48O5/c1-2-3-4-5-6-7-8-9-10-11-12-13-14-15-16-17-18-19-29-23-21-30-25(24(23)28)22(27)20-26/h16-17,22-28H,2-15,18-21H2,1H3/b17-16+/t22-,23+,24-,25-/m0/s1. The summed E-state index contributed by atoms with van der Waals surface area (Å²) in [5, 5.41) is 28.6. The number of allylic oxidation sites excluding steroid dienone is 1. The van der Waals surface area contributed by atoms with E-state index in [4.69, 9.17) is 14.6 Å². The molecule has 4 atom stereocenters. The highest BCUT2D eigenvalue weighted by Crippen LogP contribution is 2.20. The number of hydrogen-bond donors (Lipinski definition) is 3. The lowest BCUT2D eigenvalue weighted by Gasteiger charge is -2.20. The Morgan fingerprint density at radius 3 is 1.97 bits per heavy atom. The molecule has 1 saturated heterocycles. The molecule has 0 amide bonds. The van der Waals surface area contributed by atoms with Crippen LogP contribution in [0.25, 0.3) is 0 Å². The minimum Gasteiger partial charge on any atom is -0.394 e. The van der Waals surface area contributed by atoms with Crippen LogP contribution in [0.2, 0.25) is 0 Å². The lowest BCUT2D eigenvalue weighted by atomic mass is 10.0. The highest BCUT2D eigenvalue weighted by molar-refractivity contribution is 4.89. The highest BCUT2D eigenvalue weighted by Gasteiger charge is 2.40. The Bertz CT molecular complexity index is 401. The van der Waals surface area contributed by atoms with Gasteiger partial charge in [0.1, 0.15) is 24.4 Å². The minimum atomic E-state index is -1.06. The second-order valence-electron chi connectivity index (χ2n) is 8.74. The molecule has 3 N–H and O–H groups in total. The van der Waals surface area contributed by atoms with Gasteiger partial charge in [0.15, 0.2) is 0 Å². The quantitative estimate of drug-likeness (QED) is 0.190. The van der Waals surface area contributed by atoms with Gasteiger partial charge in [-0.2, -0.15) is 0 Å². The summed E-state index contributed by atoms with van der Waals surface area (Å²) in [7, 11) is 0. The molecule has 1 aliphatic rings. The zero-order valence-electron chi connectivity index (χ0n) is 19.4. The number of aliphatic hydroxyl groups is 3. The predicted molar refractivity (Wildman–Crippen MR) is 123 cm³/mol. The van der Waals surface area contributed by atoms with E-state index in [-0.39, 0.29) is 6.61 Å². The Balaban J connectivity index is 1.83. The van der Waals surface area contributed by atoms with E-state index in [0.717, 1.165) is 12.8 Å². The van der Waals surface area contributed by atoms with Crippen LogP contribution in [-0.2, 0) is 9.47 Å². The van der Waals surface area contributed by atoms with Crippen molar-refractivity contribution >= 4 is 0 Å². The highest BCUT2D eigenvalue weighted by atomic mass is 16.6. The molecular weight excluding hydrogens is 380 g/mol. The van der Waals surface area contributed by atoms with Gasteiger partial charge in [0, 0.05) is 0 Å². The Kier molecular flexibility index (Phi) is 17.7. The maximum Gasteiger partial charge on any atom is 0.114 e. The van der Waals surface area contributed by atoms with E-state index in [1.807, 2.05) is 0 Å². The van der Waals surface area contributed by atoms with E-state index >= 15 is 0 Å². The molecule has 5 nitrogen and oxygen atoms in total. The van der Waals surface area contributed by atoms with Crippen LogP contribution < -0.4 is 0 Å².